The minimum atomic E-state index is -0.305. The molecule has 5 rings (SSSR count). The second-order valence-electron chi connectivity index (χ2n) is 8.18. The minimum absolute atomic E-state index is 0.305. The molecule has 0 spiro atoms. The Morgan fingerprint density at radius 3 is 2.52 bits per heavy atom. The van der Waals surface area contributed by atoms with Crippen molar-refractivity contribution in [2.45, 2.75) is 6.92 Å². The van der Waals surface area contributed by atoms with Crippen molar-refractivity contribution in [2.24, 2.45) is 0 Å². The van der Waals surface area contributed by atoms with Gasteiger partial charge in [0.25, 0.3) is 0 Å². The van der Waals surface area contributed by atoms with Gasteiger partial charge in [-0.3, -0.25) is 0 Å². The van der Waals surface area contributed by atoms with Crippen LogP contribution in [0.1, 0.15) is 5.56 Å². The number of benzene rings is 2. The first-order valence-corrected chi connectivity index (χ1v) is 10.9. The predicted octanol–water partition coefficient (Wildman–Crippen LogP) is 4.11. The highest BCUT2D eigenvalue weighted by Crippen LogP contribution is 2.27. The van der Waals surface area contributed by atoms with E-state index in [0.29, 0.717) is 28.5 Å². The fraction of sp³-hybridized carbons (Fsp3) is 0.250. The number of piperazine rings is 1. The number of hydrogen-bond acceptors (Lipinski definition) is 8. The second-order valence-corrected chi connectivity index (χ2v) is 8.18. The van der Waals surface area contributed by atoms with Crippen LogP contribution in [0, 0.1) is 12.7 Å². The molecule has 8 nitrogen and oxygen atoms in total. The van der Waals surface area contributed by atoms with Crippen LogP contribution < -0.4 is 15.5 Å². The average Bonchev–Trinajstić information content (AvgIpc) is 2.83. The van der Waals surface area contributed by atoms with E-state index in [1.807, 2.05) is 12.1 Å². The van der Waals surface area contributed by atoms with Gasteiger partial charge in [-0.15, -0.1) is 5.10 Å². The van der Waals surface area contributed by atoms with E-state index in [2.05, 4.69) is 59.8 Å². The molecular formula is C24H25FN8. The average molecular weight is 445 g/mol. The molecule has 3 heterocycles. The van der Waals surface area contributed by atoms with Crippen molar-refractivity contribution in [1.29, 1.82) is 0 Å². The van der Waals surface area contributed by atoms with Crippen LogP contribution in [0.4, 0.5) is 33.2 Å². The lowest BCUT2D eigenvalue weighted by molar-refractivity contribution is 0.313. The van der Waals surface area contributed by atoms with Crippen molar-refractivity contribution in [1.82, 2.24) is 25.1 Å². The number of nitrogens with zero attached hydrogens (tertiary/aromatic N) is 6. The van der Waals surface area contributed by atoms with Crippen LogP contribution in [-0.2, 0) is 0 Å². The first-order chi connectivity index (χ1) is 16.1. The summed E-state index contributed by atoms with van der Waals surface area (Å²) in [6, 6.07) is 13.2. The lowest BCUT2D eigenvalue weighted by Gasteiger charge is -2.34. The van der Waals surface area contributed by atoms with Gasteiger partial charge < -0.3 is 20.4 Å². The van der Waals surface area contributed by atoms with E-state index in [1.165, 1.54) is 11.8 Å². The van der Waals surface area contributed by atoms with Crippen LogP contribution >= 0.6 is 0 Å². The highest BCUT2D eigenvalue weighted by molar-refractivity contribution is 5.93. The Balaban J connectivity index is 1.31. The van der Waals surface area contributed by atoms with Crippen LogP contribution in [0.15, 0.2) is 54.9 Å². The maximum atomic E-state index is 13.9. The molecule has 0 saturated carbocycles. The summed E-state index contributed by atoms with van der Waals surface area (Å²) in [5.41, 5.74) is 3.81. The molecule has 2 N–H and O–H groups in total. The minimum Gasteiger partial charge on any atom is -0.369 e. The number of likely N-dealkylation sites (N-methyl/N-ethyl adjacent to an activating group) is 1. The Morgan fingerprint density at radius 1 is 0.939 bits per heavy atom. The fourth-order valence-electron chi connectivity index (χ4n) is 3.91. The van der Waals surface area contributed by atoms with Gasteiger partial charge >= 0.3 is 0 Å². The van der Waals surface area contributed by atoms with Crippen LogP contribution in [0.25, 0.3) is 10.9 Å². The molecule has 0 aliphatic carbocycles. The van der Waals surface area contributed by atoms with Crippen molar-refractivity contribution >= 4 is 39.7 Å². The van der Waals surface area contributed by atoms with Gasteiger partial charge in [0.15, 0.2) is 0 Å². The lowest BCUT2D eigenvalue weighted by Crippen LogP contribution is -2.44. The van der Waals surface area contributed by atoms with E-state index in [0.717, 1.165) is 37.3 Å². The monoisotopic (exact) mass is 444 g/mol. The number of fused-ring (bicyclic) bond motifs is 1. The molecule has 1 fully saturated rings. The van der Waals surface area contributed by atoms with E-state index >= 15 is 0 Å². The molecule has 2 aromatic carbocycles. The Hall–Kier alpha value is -3.85. The standard InChI is InChI=1S/C24H25FN8/c1-16-20(25)8-7-19-21(15-27-31-23(16)19)29-22-9-10-26-24(30-22)28-17-3-5-18(6-4-17)33-13-11-32(2)12-14-33/h3-10,15H,11-14H2,1-2H3,(H2,26,28,29,30,31). The third-order valence-electron chi connectivity index (χ3n) is 5.91. The normalized spacial score (nSPS) is 14.5. The van der Waals surface area contributed by atoms with Crippen LogP contribution in [0.3, 0.4) is 0 Å². The number of aromatic nitrogens is 4. The summed E-state index contributed by atoms with van der Waals surface area (Å²) in [6.07, 6.45) is 3.28. The molecule has 33 heavy (non-hydrogen) atoms. The van der Waals surface area contributed by atoms with Crippen LogP contribution in [0.2, 0.25) is 0 Å². The number of halogens is 1. The topological polar surface area (TPSA) is 82.1 Å². The Kier molecular flexibility index (Phi) is 5.70. The summed E-state index contributed by atoms with van der Waals surface area (Å²) in [4.78, 5) is 13.6. The van der Waals surface area contributed by atoms with Crippen molar-refractivity contribution < 1.29 is 4.39 Å². The largest absolute Gasteiger partial charge is 0.369 e. The third kappa shape index (κ3) is 4.54. The van der Waals surface area contributed by atoms with Gasteiger partial charge in [-0.1, -0.05) is 0 Å². The van der Waals surface area contributed by atoms with Gasteiger partial charge in [0.05, 0.1) is 11.9 Å². The molecule has 0 unspecified atom stereocenters. The van der Waals surface area contributed by atoms with Gasteiger partial charge in [-0.25, -0.2) is 9.37 Å². The van der Waals surface area contributed by atoms with Crippen molar-refractivity contribution in [3.63, 3.8) is 0 Å². The van der Waals surface area contributed by atoms with Crippen molar-refractivity contribution in [3.05, 3.63) is 66.2 Å². The molecule has 0 bridgehead atoms. The summed E-state index contributed by atoms with van der Waals surface area (Å²) < 4.78 is 13.9. The highest BCUT2D eigenvalue weighted by atomic mass is 19.1. The van der Waals surface area contributed by atoms with E-state index in [4.69, 9.17) is 0 Å². The fourth-order valence-corrected chi connectivity index (χ4v) is 3.91. The molecule has 9 heteroatoms. The Labute approximate surface area is 191 Å². The molecule has 0 amide bonds. The summed E-state index contributed by atoms with van der Waals surface area (Å²) in [5, 5.41) is 15.4. The summed E-state index contributed by atoms with van der Waals surface area (Å²) in [5.74, 6) is 0.764. The Morgan fingerprint density at radius 2 is 1.73 bits per heavy atom. The van der Waals surface area contributed by atoms with Crippen LogP contribution in [0.5, 0.6) is 0 Å². The number of aryl methyl sites for hydroxylation is 1. The third-order valence-corrected chi connectivity index (χ3v) is 5.91. The van der Waals surface area contributed by atoms with Crippen molar-refractivity contribution in [2.75, 3.05) is 48.8 Å². The van der Waals surface area contributed by atoms with Gasteiger partial charge in [0.1, 0.15) is 17.2 Å². The lowest BCUT2D eigenvalue weighted by atomic mass is 10.1. The first-order valence-electron chi connectivity index (χ1n) is 10.9. The molecular weight excluding hydrogens is 419 g/mol. The maximum Gasteiger partial charge on any atom is 0.229 e. The SMILES string of the molecule is Cc1c(F)ccc2c(Nc3ccnc(Nc4ccc(N5CCN(C)CC5)cc4)n3)cnnc12. The van der Waals surface area contributed by atoms with Gasteiger partial charge in [-0.2, -0.15) is 10.1 Å². The summed E-state index contributed by atoms with van der Waals surface area (Å²) in [7, 11) is 2.15. The Bertz CT molecular complexity index is 1270. The number of rotatable bonds is 5. The number of anilines is 5. The van der Waals surface area contributed by atoms with E-state index < -0.39 is 0 Å². The molecule has 4 aromatic rings. The van der Waals surface area contributed by atoms with Crippen LogP contribution in [-0.4, -0.2) is 58.3 Å². The maximum absolute atomic E-state index is 13.9. The molecule has 168 valence electrons. The quantitative estimate of drug-likeness (QED) is 0.476. The molecule has 1 aliphatic heterocycles. The zero-order valence-corrected chi connectivity index (χ0v) is 18.6. The van der Waals surface area contributed by atoms with Gasteiger partial charge in [-0.05, 0) is 56.4 Å². The molecule has 2 aromatic heterocycles. The second kappa shape index (κ2) is 8.95. The molecule has 0 radical (unpaired) electrons. The summed E-state index contributed by atoms with van der Waals surface area (Å²) in [6.45, 7) is 5.91. The molecule has 1 aliphatic rings. The van der Waals surface area contributed by atoms with E-state index in [9.17, 15) is 4.39 Å². The molecule has 0 atom stereocenters. The predicted molar refractivity (Wildman–Crippen MR) is 129 cm³/mol. The summed E-state index contributed by atoms with van der Waals surface area (Å²) >= 11 is 0. The first kappa shape index (κ1) is 21.0. The van der Waals surface area contributed by atoms with Crippen molar-refractivity contribution in [3.8, 4) is 0 Å². The van der Waals surface area contributed by atoms with Gasteiger partial charge in [0.2, 0.25) is 5.95 Å². The van der Waals surface area contributed by atoms with E-state index in [1.54, 1.807) is 31.5 Å². The number of hydrogen-bond donors (Lipinski definition) is 2. The number of nitrogens with one attached hydrogen (secondary N) is 2. The smallest absolute Gasteiger partial charge is 0.229 e. The molecule has 1 saturated heterocycles. The zero-order valence-electron chi connectivity index (χ0n) is 18.6. The van der Waals surface area contributed by atoms with Gasteiger partial charge in [0, 0.05) is 54.7 Å². The van der Waals surface area contributed by atoms with E-state index in [-0.39, 0.29) is 5.82 Å². The zero-order chi connectivity index (χ0) is 22.8. The highest BCUT2D eigenvalue weighted by Gasteiger charge is 2.14.